The number of anilines is 1. The average Bonchev–Trinajstić information content (AvgIpc) is 2.42. The van der Waals surface area contributed by atoms with Gasteiger partial charge in [-0.2, -0.15) is 4.31 Å². The molecule has 1 aromatic rings. The third-order valence-corrected chi connectivity index (χ3v) is 5.70. The standard InChI is InChI=1S/C14H22N2O4S/c1-11-3-4-12(9-13(11)15)21(18,19)16(2)10-14(17)5-7-20-8-6-14/h3-4,9,17H,5-8,10,15H2,1-2H3. The second-order valence-corrected chi connectivity index (χ2v) is 7.66. The molecule has 1 saturated heterocycles. The molecular formula is C14H22N2O4S. The highest BCUT2D eigenvalue weighted by molar-refractivity contribution is 7.89. The Kier molecular flexibility index (Phi) is 4.57. The van der Waals surface area contributed by atoms with Crippen molar-refractivity contribution >= 4 is 15.7 Å². The zero-order valence-electron chi connectivity index (χ0n) is 12.4. The third-order valence-electron chi connectivity index (χ3n) is 3.90. The normalized spacial score (nSPS) is 18.9. The lowest BCUT2D eigenvalue weighted by molar-refractivity contribution is -0.0689. The van der Waals surface area contributed by atoms with Gasteiger partial charge in [-0.15, -0.1) is 0 Å². The Labute approximate surface area is 125 Å². The molecule has 1 aliphatic heterocycles. The monoisotopic (exact) mass is 314 g/mol. The minimum Gasteiger partial charge on any atom is -0.398 e. The summed E-state index contributed by atoms with van der Waals surface area (Å²) in [6.45, 7) is 2.76. The minimum absolute atomic E-state index is 0.0481. The van der Waals surface area contributed by atoms with Crippen LogP contribution in [0.4, 0.5) is 5.69 Å². The van der Waals surface area contributed by atoms with Crippen molar-refractivity contribution in [2.24, 2.45) is 0 Å². The Morgan fingerprint density at radius 3 is 2.57 bits per heavy atom. The summed E-state index contributed by atoms with van der Waals surface area (Å²) in [7, 11) is -2.19. The number of aliphatic hydroxyl groups is 1. The van der Waals surface area contributed by atoms with Crippen molar-refractivity contribution in [1.29, 1.82) is 0 Å². The molecule has 0 radical (unpaired) electrons. The number of sulfonamides is 1. The molecule has 1 heterocycles. The number of nitrogen functional groups attached to an aromatic ring is 1. The summed E-state index contributed by atoms with van der Waals surface area (Å²) in [4.78, 5) is 0.142. The summed E-state index contributed by atoms with van der Waals surface area (Å²) in [5.41, 5.74) is 6.02. The number of aryl methyl sites for hydroxylation is 1. The molecule has 7 heteroatoms. The third kappa shape index (κ3) is 3.55. The van der Waals surface area contributed by atoms with Crippen LogP contribution in [0.2, 0.25) is 0 Å². The van der Waals surface area contributed by atoms with Gasteiger partial charge in [-0.25, -0.2) is 8.42 Å². The maximum absolute atomic E-state index is 12.5. The van der Waals surface area contributed by atoms with Crippen molar-refractivity contribution in [3.8, 4) is 0 Å². The number of rotatable bonds is 4. The van der Waals surface area contributed by atoms with Gasteiger partial charge in [0, 0.05) is 45.3 Å². The van der Waals surface area contributed by atoms with E-state index in [1.807, 2.05) is 6.92 Å². The van der Waals surface area contributed by atoms with Crippen LogP contribution in [-0.4, -0.2) is 50.2 Å². The van der Waals surface area contributed by atoms with Gasteiger partial charge in [0.2, 0.25) is 10.0 Å². The van der Waals surface area contributed by atoms with E-state index in [9.17, 15) is 13.5 Å². The van der Waals surface area contributed by atoms with Gasteiger partial charge in [0.1, 0.15) is 0 Å². The highest BCUT2D eigenvalue weighted by Gasteiger charge is 2.35. The fraction of sp³-hybridized carbons (Fsp3) is 0.571. The van der Waals surface area contributed by atoms with Gasteiger partial charge >= 0.3 is 0 Å². The summed E-state index contributed by atoms with van der Waals surface area (Å²) in [6, 6.07) is 4.67. The molecule has 0 aliphatic carbocycles. The average molecular weight is 314 g/mol. The lowest BCUT2D eigenvalue weighted by Gasteiger charge is -2.35. The first-order chi connectivity index (χ1) is 9.74. The van der Waals surface area contributed by atoms with Crippen LogP contribution >= 0.6 is 0 Å². The highest BCUT2D eigenvalue weighted by atomic mass is 32.2. The predicted molar refractivity (Wildman–Crippen MR) is 80.4 cm³/mol. The zero-order chi connectivity index (χ0) is 15.7. The summed E-state index contributed by atoms with van der Waals surface area (Å²) in [5.74, 6) is 0. The second-order valence-electron chi connectivity index (χ2n) is 5.62. The molecule has 0 spiro atoms. The van der Waals surface area contributed by atoms with Crippen LogP contribution in [0.3, 0.4) is 0 Å². The number of nitrogens with two attached hydrogens (primary N) is 1. The number of hydrogen-bond acceptors (Lipinski definition) is 5. The van der Waals surface area contributed by atoms with E-state index < -0.39 is 15.6 Å². The maximum atomic E-state index is 12.5. The van der Waals surface area contributed by atoms with Crippen molar-refractivity contribution in [1.82, 2.24) is 4.31 Å². The molecule has 21 heavy (non-hydrogen) atoms. The molecular weight excluding hydrogens is 292 g/mol. The molecule has 2 rings (SSSR count). The number of ether oxygens (including phenoxy) is 1. The van der Waals surface area contributed by atoms with Crippen molar-refractivity contribution < 1.29 is 18.3 Å². The first-order valence-corrected chi connectivity index (χ1v) is 8.31. The van der Waals surface area contributed by atoms with E-state index in [1.54, 1.807) is 6.07 Å². The molecule has 0 atom stereocenters. The highest BCUT2D eigenvalue weighted by Crippen LogP contribution is 2.25. The first kappa shape index (κ1) is 16.2. The van der Waals surface area contributed by atoms with E-state index in [4.69, 9.17) is 10.5 Å². The molecule has 1 aromatic carbocycles. The topological polar surface area (TPSA) is 92.9 Å². The van der Waals surface area contributed by atoms with Crippen molar-refractivity contribution in [2.45, 2.75) is 30.3 Å². The van der Waals surface area contributed by atoms with Crippen LogP contribution < -0.4 is 5.73 Å². The van der Waals surface area contributed by atoms with Gasteiger partial charge in [0.25, 0.3) is 0 Å². The lowest BCUT2D eigenvalue weighted by Crippen LogP contribution is -2.47. The van der Waals surface area contributed by atoms with Crippen LogP contribution in [0.5, 0.6) is 0 Å². The Morgan fingerprint density at radius 1 is 1.38 bits per heavy atom. The first-order valence-electron chi connectivity index (χ1n) is 6.87. The Balaban J connectivity index is 2.20. The molecule has 0 saturated carbocycles. The van der Waals surface area contributed by atoms with Gasteiger partial charge in [-0.3, -0.25) is 0 Å². The fourth-order valence-electron chi connectivity index (χ4n) is 2.37. The SMILES string of the molecule is Cc1ccc(S(=O)(=O)N(C)CC2(O)CCOCC2)cc1N. The van der Waals surface area contributed by atoms with Crippen molar-refractivity contribution in [3.05, 3.63) is 23.8 Å². The molecule has 0 aromatic heterocycles. The van der Waals surface area contributed by atoms with Gasteiger partial charge in [0.05, 0.1) is 10.5 Å². The number of likely N-dealkylation sites (N-methyl/N-ethyl adjacent to an activating group) is 1. The Bertz CT molecular complexity index is 609. The van der Waals surface area contributed by atoms with E-state index in [1.165, 1.54) is 23.5 Å². The summed E-state index contributed by atoms with van der Waals surface area (Å²) >= 11 is 0. The van der Waals surface area contributed by atoms with E-state index in [-0.39, 0.29) is 11.4 Å². The van der Waals surface area contributed by atoms with Crippen molar-refractivity contribution in [2.75, 3.05) is 32.5 Å². The van der Waals surface area contributed by atoms with Crippen molar-refractivity contribution in [3.63, 3.8) is 0 Å². The minimum atomic E-state index is -3.66. The number of nitrogens with zero attached hydrogens (tertiary/aromatic N) is 1. The largest absolute Gasteiger partial charge is 0.398 e. The van der Waals surface area contributed by atoms with Crippen LogP contribution in [-0.2, 0) is 14.8 Å². The Hall–Kier alpha value is -1.15. The molecule has 0 bridgehead atoms. The molecule has 6 nitrogen and oxygen atoms in total. The smallest absolute Gasteiger partial charge is 0.242 e. The molecule has 0 unspecified atom stereocenters. The van der Waals surface area contributed by atoms with E-state index in [2.05, 4.69) is 0 Å². The second kappa shape index (κ2) is 5.92. The zero-order valence-corrected chi connectivity index (χ0v) is 13.2. The van der Waals surface area contributed by atoms with Gasteiger partial charge in [0.15, 0.2) is 0 Å². The van der Waals surface area contributed by atoms with Gasteiger partial charge in [-0.05, 0) is 24.6 Å². The maximum Gasteiger partial charge on any atom is 0.242 e. The quantitative estimate of drug-likeness (QED) is 0.800. The lowest BCUT2D eigenvalue weighted by atomic mass is 9.95. The van der Waals surface area contributed by atoms with Crippen LogP contribution in [0.1, 0.15) is 18.4 Å². The molecule has 3 N–H and O–H groups in total. The van der Waals surface area contributed by atoms with Crippen LogP contribution in [0.15, 0.2) is 23.1 Å². The van der Waals surface area contributed by atoms with Gasteiger partial charge in [-0.1, -0.05) is 6.07 Å². The van der Waals surface area contributed by atoms with Gasteiger partial charge < -0.3 is 15.6 Å². The fourth-order valence-corrected chi connectivity index (χ4v) is 3.65. The predicted octanol–water partition coefficient (Wildman–Crippen LogP) is 0.739. The summed E-state index contributed by atoms with van der Waals surface area (Å²) < 4.78 is 31.5. The van der Waals surface area contributed by atoms with Crippen LogP contribution in [0, 0.1) is 6.92 Å². The molecule has 0 amide bonds. The number of hydrogen-bond donors (Lipinski definition) is 2. The van der Waals surface area contributed by atoms with E-state index in [0.29, 0.717) is 31.7 Å². The Morgan fingerprint density at radius 2 is 2.00 bits per heavy atom. The summed E-state index contributed by atoms with van der Waals surface area (Å²) in [5, 5.41) is 10.4. The summed E-state index contributed by atoms with van der Waals surface area (Å²) in [6.07, 6.45) is 0.867. The van der Waals surface area contributed by atoms with E-state index >= 15 is 0 Å². The number of benzene rings is 1. The van der Waals surface area contributed by atoms with Crippen LogP contribution in [0.25, 0.3) is 0 Å². The van der Waals surface area contributed by atoms with E-state index in [0.717, 1.165) is 5.56 Å². The molecule has 118 valence electrons. The molecule has 1 fully saturated rings. The molecule has 1 aliphatic rings.